The summed E-state index contributed by atoms with van der Waals surface area (Å²) in [4.78, 5) is 12.1. The summed E-state index contributed by atoms with van der Waals surface area (Å²) in [5.74, 6) is -2.20. The molecule has 0 aromatic heterocycles. The van der Waals surface area contributed by atoms with Crippen molar-refractivity contribution in [2.24, 2.45) is 0 Å². The molecule has 1 aromatic carbocycles. The van der Waals surface area contributed by atoms with Gasteiger partial charge in [-0.05, 0) is 39.0 Å². The molecule has 0 unspecified atom stereocenters. The lowest BCUT2D eigenvalue weighted by Crippen LogP contribution is -2.29. The average Bonchev–Trinajstić information content (AvgIpc) is 2.23. The molecule has 0 heterocycles. The van der Waals surface area contributed by atoms with Crippen LogP contribution in [0.3, 0.4) is 0 Å². The van der Waals surface area contributed by atoms with Gasteiger partial charge in [-0.2, -0.15) is 0 Å². The SMILES string of the molecule is CCOC(=O)C(C)(C)Sc1ccc(F)c(F)c1. The molecule has 0 aliphatic heterocycles. The van der Waals surface area contributed by atoms with Gasteiger partial charge in [0.15, 0.2) is 11.6 Å². The maximum Gasteiger partial charge on any atom is 0.321 e. The van der Waals surface area contributed by atoms with Gasteiger partial charge in [-0.25, -0.2) is 8.78 Å². The van der Waals surface area contributed by atoms with Crippen LogP contribution in [0.2, 0.25) is 0 Å². The Balaban J connectivity index is 2.82. The van der Waals surface area contributed by atoms with Gasteiger partial charge in [-0.15, -0.1) is 11.8 Å². The molecular weight excluding hydrogens is 246 g/mol. The number of carbonyl (C=O) groups is 1. The first kappa shape index (κ1) is 14.0. The molecule has 94 valence electrons. The topological polar surface area (TPSA) is 26.3 Å². The van der Waals surface area contributed by atoms with Crippen LogP contribution in [0.1, 0.15) is 20.8 Å². The number of ether oxygens (including phenoxy) is 1. The number of esters is 1. The van der Waals surface area contributed by atoms with Crippen molar-refractivity contribution in [2.45, 2.75) is 30.4 Å². The second-order valence-corrected chi connectivity index (χ2v) is 5.60. The predicted molar refractivity (Wildman–Crippen MR) is 62.9 cm³/mol. The fourth-order valence-electron chi connectivity index (χ4n) is 1.18. The van der Waals surface area contributed by atoms with Crippen molar-refractivity contribution in [2.75, 3.05) is 6.61 Å². The maximum absolute atomic E-state index is 13.0. The molecule has 5 heteroatoms. The number of thioether (sulfide) groups is 1. The standard InChI is InChI=1S/C12H14F2O2S/c1-4-16-11(15)12(2,3)17-8-5-6-9(13)10(14)7-8/h5-7H,4H2,1-3H3. The van der Waals surface area contributed by atoms with Crippen LogP contribution in [0.15, 0.2) is 23.1 Å². The zero-order valence-corrected chi connectivity index (χ0v) is 10.7. The van der Waals surface area contributed by atoms with E-state index in [9.17, 15) is 13.6 Å². The number of rotatable bonds is 4. The average molecular weight is 260 g/mol. The van der Waals surface area contributed by atoms with Crippen LogP contribution in [-0.4, -0.2) is 17.3 Å². The van der Waals surface area contributed by atoms with Gasteiger partial charge in [-0.1, -0.05) is 0 Å². The molecule has 0 N–H and O–H groups in total. The second kappa shape index (κ2) is 5.49. The highest BCUT2D eigenvalue weighted by Crippen LogP contribution is 2.34. The molecule has 0 atom stereocenters. The molecule has 17 heavy (non-hydrogen) atoms. The fourth-order valence-corrected chi connectivity index (χ4v) is 2.21. The number of hydrogen-bond acceptors (Lipinski definition) is 3. The molecule has 0 aliphatic rings. The van der Waals surface area contributed by atoms with Crippen molar-refractivity contribution in [3.8, 4) is 0 Å². The lowest BCUT2D eigenvalue weighted by molar-refractivity contribution is -0.145. The van der Waals surface area contributed by atoms with E-state index in [-0.39, 0.29) is 5.97 Å². The lowest BCUT2D eigenvalue weighted by atomic mass is 10.2. The maximum atomic E-state index is 13.0. The Kier molecular flexibility index (Phi) is 4.51. The van der Waals surface area contributed by atoms with Gasteiger partial charge >= 0.3 is 5.97 Å². The molecule has 0 saturated carbocycles. The first-order chi connectivity index (χ1) is 7.86. The second-order valence-electron chi connectivity index (χ2n) is 3.91. The van der Waals surface area contributed by atoms with Gasteiger partial charge in [0.25, 0.3) is 0 Å². The highest BCUT2D eigenvalue weighted by molar-refractivity contribution is 8.01. The van der Waals surface area contributed by atoms with Crippen LogP contribution in [0.5, 0.6) is 0 Å². The molecule has 0 fully saturated rings. The largest absolute Gasteiger partial charge is 0.465 e. The van der Waals surface area contributed by atoms with Crippen LogP contribution in [0.4, 0.5) is 8.78 Å². The van der Waals surface area contributed by atoms with E-state index < -0.39 is 16.4 Å². The van der Waals surface area contributed by atoms with Gasteiger partial charge in [0.2, 0.25) is 0 Å². The van der Waals surface area contributed by atoms with Gasteiger partial charge in [0.1, 0.15) is 4.75 Å². The summed E-state index contributed by atoms with van der Waals surface area (Å²) in [6.07, 6.45) is 0. The van der Waals surface area contributed by atoms with Crippen molar-refractivity contribution in [1.29, 1.82) is 0 Å². The zero-order valence-electron chi connectivity index (χ0n) is 9.92. The zero-order chi connectivity index (χ0) is 13.1. The molecule has 0 amide bonds. The quantitative estimate of drug-likeness (QED) is 0.613. The minimum atomic E-state index is -0.922. The molecule has 1 aromatic rings. The van der Waals surface area contributed by atoms with Crippen LogP contribution >= 0.6 is 11.8 Å². The van der Waals surface area contributed by atoms with Crippen molar-refractivity contribution >= 4 is 17.7 Å². The summed E-state index contributed by atoms with van der Waals surface area (Å²) in [5.41, 5.74) is 0. The van der Waals surface area contributed by atoms with Crippen LogP contribution in [0, 0.1) is 11.6 Å². The van der Waals surface area contributed by atoms with E-state index in [4.69, 9.17) is 4.74 Å². The Bertz CT molecular complexity index is 419. The van der Waals surface area contributed by atoms with Crippen LogP contribution in [-0.2, 0) is 9.53 Å². The highest BCUT2D eigenvalue weighted by atomic mass is 32.2. The summed E-state index contributed by atoms with van der Waals surface area (Å²) in [6, 6.07) is 3.55. The van der Waals surface area contributed by atoms with E-state index in [1.54, 1.807) is 20.8 Å². The smallest absolute Gasteiger partial charge is 0.321 e. The van der Waals surface area contributed by atoms with E-state index in [1.807, 2.05) is 0 Å². The van der Waals surface area contributed by atoms with Gasteiger partial charge < -0.3 is 4.74 Å². The Morgan fingerprint density at radius 3 is 2.53 bits per heavy atom. The van der Waals surface area contributed by atoms with E-state index in [0.717, 1.165) is 23.9 Å². The fraction of sp³-hybridized carbons (Fsp3) is 0.417. The molecule has 0 aliphatic carbocycles. The predicted octanol–water partition coefficient (Wildman–Crippen LogP) is 3.40. The van der Waals surface area contributed by atoms with Crippen molar-refractivity contribution in [3.05, 3.63) is 29.8 Å². The van der Waals surface area contributed by atoms with Crippen molar-refractivity contribution in [3.63, 3.8) is 0 Å². The summed E-state index contributed by atoms with van der Waals surface area (Å²) in [7, 11) is 0. The Labute approximate surface area is 103 Å². The first-order valence-electron chi connectivity index (χ1n) is 5.18. The Morgan fingerprint density at radius 1 is 1.35 bits per heavy atom. The van der Waals surface area contributed by atoms with Crippen LogP contribution < -0.4 is 0 Å². The monoisotopic (exact) mass is 260 g/mol. The number of hydrogen-bond donors (Lipinski definition) is 0. The van der Waals surface area contributed by atoms with Gasteiger partial charge in [-0.3, -0.25) is 4.79 Å². The summed E-state index contributed by atoms with van der Waals surface area (Å²) in [6.45, 7) is 5.37. The van der Waals surface area contributed by atoms with E-state index >= 15 is 0 Å². The third-order valence-electron chi connectivity index (χ3n) is 2.03. The molecule has 0 spiro atoms. The van der Waals surface area contributed by atoms with E-state index in [0.29, 0.717) is 11.5 Å². The number of benzene rings is 1. The molecule has 0 saturated heterocycles. The summed E-state index contributed by atoms with van der Waals surface area (Å²) < 4.78 is 29.8. The van der Waals surface area contributed by atoms with Crippen molar-refractivity contribution in [1.82, 2.24) is 0 Å². The Hall–Kier alpha value is -1.10. The number of halogens is 2. The molecule has 0 radical (unpaired) electrons. The third kappa shape index (κ3) is 3.70. The van der Waals surface area contributed by atoms with E-state index in [1.165, 1.54) is 6.07 Å². The minimum Gasteiger partial charge on any atom is -0.465 e. The molecule has 2 nitrogen and oxygen atoms in total. The van der Waals surface area contributed by atoms with Crippen LogP contribution in [0.25, 0.3) is 0 Å². The van der Waals surface area contributed by atoms with Gasteiger partial charge in [0, 0.05) is 4.90 Å². The Morgan fingerprint density at radius 2 is 2.00 bits per heavy atom. The molecule has 0 bridgehead atoms. The molecule has 1 rings (SSSR count). The third-order valence-corrected chi connectivity index (χ3v) is 3.20. The summed E-state index contributed by atoms with van der Waals surface area (Å²) in [5, 5.41) is 0. The van der Waals surface area contributed by atoms with E-state index in [2.05, 4.69) is 0 Å². The number of carbonyl (C=O) groups excluding carboxylic acids is 1. The first-order valence-corrected chi connectivity index (χ1v) is 5.99. The highest BCUT2D eigenvalue weighted by Gasteiger charge is 2.30. The summed E-state index contributed by atoms with van der Waals surface area (Å²) >= 11 is 1.14. The molecular formula is C12H14F2O2S. The van der Waals surface area contributed by atoms with Crippen molar-refractivity contribution < 1.29 is 18.3 Å². The lowest BCUT2D eigenvalue weighted by Gasteiger charge is -2.21. The minimum absolute atomic E-state index is 0.292. The van der Waals surface area contributed by atoms with Gasteiger partial charge in [0.05, 0.1) is 6.61 Å². The normalized spacial score (nSPS) is 11.4.